The predicted molar refractivity (Wildman–Crippen MR) is 130 cm³/mol. The zero-order valence-corrected chi connectivity index (χ0v) is 19.6. The smallest absolute Gasteiger partial charge is 0.268 e. The summed E-state index contributed by atoms with van der Waals surface area (Å²) in [6, 6.07) is 17.3. The van der Waals surface area contributed by atoms with Crippen LogP contribution in [0.5, 0.6) is 0 Å². The van der Waals surface area contributed by atoms with Crippen molar-refractivity contribution in [2.75, 3.05) is 5.75 Å². The lowest BCUT2D eigenvalue weighted by Crippen LogP contribution is -2.30. The van der Waals surface area contributed by atoms with Crippen molar-refractivity contribution in [1.29, 1.82) is 0 Å². The van der Waals surface area contributed by atoms with Crippen molar-refractivity contribution in [1.82, 2.24) is 15.2 Å². The summed E-state index contributed by atoms with van der Waals surface area (Å²) in [5.41, 5.74) is 3.78. The first-order valence-corrected chi connectivity index (χ1v) is 12.4. The number of halogens is 1. The van der Waals surface area contributed by atoms with Gasteiger partial charge in [0.25, 0.3) is 11.8 Å². The molecule has 0 saturated carbocycles. The maximum Gasteiger partial charge on any atom is 0.268 e. The third-order valence-corrected chi connectivity index (χ3v) is 6.97. The number of amides is 2. The average molecular weight is 466 g/mol. The van der Waals surface area contributed by atoms with Crippen LogP contribution in [0.15, 0.2) is 60.7 Å². The summed E-state index contributed by atoms with van der Waals surface area (Å²) >= 11 is 1.75. The van der Waals surface area contributed by atoms with Gasteiger partial charge < -0.3 is 15.2 Å². The number of aromatic nitrogens is 1. The maximum absolute atomic E-state index is 13.3. The fraction of sp³-hybridized carbons (Fsp3) is 0.308. The lowest BCUT2D eigenvalue weighted by atomic mass is 10.0. The summed E-state index contributed by atoms with van der Waals surface area (Å²) in [5, 5.41) is 6.14. The molecule has 33 heavy (non-hydrogen) atoms. The Kier molecular flexibility index (Phi) is 7.18. The van der Waals surface area contributed by atoms with Crippen molar-refractivity contribution >= 4 is 23.6 Å². The number of fused-ring (bicyclic) bond motifs is 1. The highest BCUT2D eigenvalue weighted by atomic mass is 32.2. The highest BCUT2D eigenvalue weighted by molar-refractivity contribution is 7.98. The normalized spacial score (nSPS) is 14.8. The third kappa shape index (κ3) is 5.14. The zero-order valence-electron chi connectivity index (χ0n) is 18.8. The molecule has 2 N–H and O–H groups in total. The van der Waals surface area contributed by atoms with E-state index >= 15 is 0 Å². The van der Waals surface area contributed by atoms with Crippen LogP contribution in [-0.4, -0.2) is 22.1 Å². The van der Waals surface area contributed by atoms with Crippen LogP contribution in [0.3, 0.4) is 0 Å². The molecule has 1 aliphatic heterocycles. The van der Waals surface area contributed by atoms with Crippen LogP contribution in [-0.2, 0) is 12.3 Å². The second kappa shape index (κ2) is 10.3. The Balaban J connectivity index is 1.56. The molecule has 0 spiro atoms. The first-order valence-electron chi connectivity index (χ1n) is 11.2. The van der Waals surface area contributed by atoms with E-state index in [1.54, 1.807) is 30.0 Å². The minimum atomic E-state index is -0.313. The van der Waals surface area contributed by atoms with Gasteiger partial charge in [0.15, 0.2) is 0 Å². The molecule has 2 heterocycles. The molecular formula is C26H28FN3O2S. The zero-order chi connectivity index (χ0) is 23.4. The fourth-order valence-corrected chi connectivity index (χ4v) is 5.12. The standard InChI is InChI=1S/C26H28FN3O2S/c1-3-22(19-7-5-4-6-8-19)29-26(32)23-15-21(24-16-33-14-13-30(23)24)25(31)28-17(2)18-9-11-20(27)12-10-18/h4-12,15,17,22H,3,13-14,16H2,1-2H3,(H,28,31)(H,29,32)/t17-,22-/m1/s1. The third-order valence-electron chi connectivity index (χ3n) is 6.02. The van der Waals surface area contributed by atoms with Crippen LogP contribution < -0.4 is 10.6 Å². The van der Waals surface area contributed by atoms with Crippen molar-refractivity contribution in [3.63, 3.8) is 0 Å². The molecule has 7 heteroatoms. The van der Waals surface area contributed by atoms with E-state index in [1.807, 2.05) is 48.7 Å². The Morgan fingerprint density at radius 2 is 1.76 bits per heavy atom. The molecule has 0 unspecified atom stereocenters. The summed E-state index contributed by atoms with van der Waals surface area (Å²) in [6.45, 7) is 4.59. The maximum atomic E-state index is 13.3. The van der Waals surface area contributed by atoms with Gasteiger partial charge in [-0.2, -0.15) is 11.8 Å². The Morgan fingerprint density at radius 3 is 2.45 bits per heavy atom. The molecule has 172 valence electrons. The SMILES string of the molecule is CC[C@@H](NC(=O)c1cc(C(=O)N[C@H](C)c2ccc(F)cc2)c2n1CCSC2)c1ccccc1. The summed E-state index contributed by atoms with van der Waals surface area (Å²) < 4.78 is 15.2. The van der Waals surface area contributed by atoms with Gasteiger partial charge in [0, 0.05) is 23.7 Å². The Bertz CT molecular complexity index is 1130. The summed E-state index contributed by atoms with van der Waals surface area (Å²) in [4.78, 5) is 26.4. The van der Waals surface area contributed by atoms with Gasteiger partial charge in [-0.05, 0) is 42.7 Å². The van der Waals surface area contributed by atoms with E-state index in [0.29, 0.717) is 23.6 Å². The van der Waals surface area contributed by atoms with E-state index in [2.05, 4.69) is 10.6 Å². The Labute approximate surface area is 197 Å². The van der Waals surface area contributed by atoms with Crippen molar-refractivity contribution in [2.45, 2.75) is 44.6 Å². The Hall–Kier alpha value is -3.06. The first-order chi connectivity index (χ1) is 16.0. The van der Waals surface area contributed by atoms with Crippen LogP contribution in [0.25, 0.3) is 0 Å². The fourth-order valence-electron chi connectivity index (χ4n) is 4.16. The summed E-state index contributed by atoms with van der Waals surface area (Å²) in [7, 11) is 0. The summed E-state index contributed by atoms with van der Waals surface area (Å²) in [6.07, 6.45) is 0.766. The van der Waals surface area contributed by atoms with E-state index in [-0.39, 0.29) is 29.7 Å². The average Bonchev–Trinajstić information content (AvgIpc) is 3.23. The van der Waals surface area contributed by atoms with E-state index in [1.165, 1.54) is 12.1 Å². The molecule has 1 aromatic heterocycles. The number of hydrogen-bond acceptors (Lipinski definition) is 3. The molecule has 0 radical (unpaired) electrons. The van der Waals surface area contributed by atoms with Crippen molar-refractivity contribution in [3.8, 4) is 0 Å². The highest BCUT2D eigenvalue weighted by Crippen LogP contribution is 2.28. The van der Waals surface area contributed by atoms with Crippen molar-refractivity contribution < 1.29 is 14.0 Å². The molecular weight excluding hydrogens is 437 g/mol. The van der Waals surface area contributed by atoms with Gasteiger partial charge in [0.1, 0.15) is 11.5 Å². The topological polar surface area (TPSA) is 63.1 Å². The molecule has 0 fully saturated rings. The first kappa shape index (κ1) is 23.1. The number of hydrogen-bond donors (Lipinski definition) is 2. The number of nitrogens with zero attached hydrogens (tertiary/aromatic N) is 1. The van der Waals surface area contributed by atoms with Gasteiger partial charge in [0.2, 0.25) is 0 Å². The number of thioether (sulfide) groups is 1. The van der Waals surface area contributed by atoms with Gasteiger partial charge >= 0.3 is 0 Å². The molecule has 2 aromatic carbocycles. The minimum Gasteiger partial charge on any atom is -0.345 e. The van der Waals surface area contributed by atoms with Crippen molar-refractivity contribution in [3.05, 3.63) is 94.6 Å². The van der Waals surface area contributed by atoms with E-state index in [9.17, 15) is 14.0 Å². The van der Waals surface area contributed by atoms with Crippen LogP contribution in [0, 0.1) is 5.82 Å². The van der Waals surface area contributed by atoms with Crippen LogP contribution in [0.1, 0.15) is 70.0 Å². The number of rotatable bonds is 7. The lowest BCUT2D eigenvalue weighted by molar-refractivity contribution is 0.0924. The molecule has 5 nitrogen and oxygen atoms in total. The van der Waals surface area contributed by atoms with Gasteiger partial charge in [-0.25, -0.2) is 4.39 Å². The minimum absolute atomic E-state index is 0.0985. The van der Waals surface area contributed by atoms with Gasteiger partial charge in [-0.3, -0.25) is 9.59 Å². The largest absolute Gasteiger partial charge is 0.345 e. The van der Waals surface area contributed by atoms with Crippen LogP contribution in [0.2, 0.25) is 0 Å². The molecule has 1 aliphatic rings. The molecule has 0 bridgehead atoms. The quantitative estimate of drug-likeness (QED) is 0.501. The lowest BCUT2D eigenvalue weighted by Gasteiger charge is -2.21. The number of nitrogens with one attached hydrogen (secondary N) is 2. The molecule has 3 aromatic rings. The van der Waals surface area contributed by atoms with Gasteiger partial charge in [-0.15, -0.1) is 0 Å². The molecule has 4 rings (SSSR count). The van der Waals surface area contributed by atoms with E-state index in [0.717, 1.165) is 29.0 Å². The molecule has 0 saturated heterocycles. The van der Waals surface area contributed by atoms with Crippen LogP contribution in [0.4, 0.5) is 4.39 Å². The predicted octanol–water partition coefficient (Wildman–Crippen LogP) is 5.25. The Morgan fingerprint density at radius 1 is 1.03 bits per heavy atom. The van der Waals surface area contributed by atoms with E-state index < -0.39 is 0 Å². The van der Waals surface area contributed by atoms with Crippen LogP contribution >= 0.6 is 11.8 Å². The highest BCUT2D eigenvalue weighted by Gasteiger charge is 2.27. The van der Waals surface area contributed by atoms with Gasteiger partial charge in [0.05, 0.1) is 17.6 Å². The number of carbonyl (C=O) groups is 2. The van der Waals surface area contributed by atoms with Crippen molar-refractivity contribution in [2.24, 2.45) is 0 Å². The molecule has 0 aliphatic carbocycles. The molecule has 2 amide bonds. The second-order valence-electron chi connectivity index (χ2n) is 8.19. The number of carbonyl (C=O) groups excluding carboxylic acids is 2. The molecule has 2 atom stereocenters. The summed E-state index contributed by atoms with van der Waals surface area (Å²) in [5.74, 6) is 0.853. The number of benzene rings is 2. The second-order valence-corrected chi connectivity index (χ2v) is 9.29. The van der Waals surface area contributed by atoms with E-state index in [4.69, 9.17) is 0 Å². The monoisotopic (exact) mass is 465 g/mol. The van der Waals surface area contributed by atoms with Gasteiger partial charge in [-0.1, -0.05) is 49.4 Å².